The van der Waals surface area contributed by atoms with Crippen LogP contribution in [0.4, 0.5) is 5.13 Å². The summed E-state index contributed by atoms with van der Waals surface area (Å²) in [6.07, 6.45) is 6.58. The summed E-state index contributed by atoms with van der Waals surface area (Å²) in [6, 6.07) is 16.9. The molecule has 1 aromatic heterocycles. The molecule has 4 heteroatoms. The molecule has 0 spiro atoms. The molecular weight excluding hydrogens is 352 g/mol. The van der Waals surface area contributed by atoms with Crippen LogP contribution in [0.25, 0.3) is 6.08 Å². The van der Waals surface area contributed by atoms with Crippen LogP contribution in [0, 0.1) is 5.41 Å². The number of carbonyl (C=O) groups is 1. The number of rotatable bonds is 4. The van der Waals surface area contributed by atoms with Gasteiger partial charge in [0.2, 0.25) is 5.91 Å². The summed E-state index contributed by atoms with van der Waals surface area (Å²) in [5, 5.41) is 5.56. The number of allylic oxidation sites excluding steroid dienone is 1. The maximum atomic E-state index is 13.3. The number of hydrogen-bond acceptors (Lipinski definition) is 3. The van der Waals surface area contributed by atoms with E-state index in [2.05, 4.69) is 53.6 Å². The van der Waals surface area contributed by atoms with Gasteiger partial charge in [-0.2, -0.15) is 0 Å². The number of aromatic nitrogens is 1. The molecule has 1 aliphatic carbocycles. The van der Waals surface area contributed by atoms with E-state index < -0.39 is 5.41 Å². The first-order valence-electron chi connectivity index (χ1n) is 9.13. The summed E-state index contributed by atoms with van der Waals surface area (Å²) in [6.45, 7) is 4.09. The molecule has 0 saturated heterocycles. The molecule has 1 heterocycles. The standard InChI is InChI=1S/C23H22N2OS/c1-3-7-16-10-11-18-15-23(2,21(26)25-22-24-12-13-27-22)20(19(18)14-16)17-8-5-4-6-9-17/h3-14,20H,15H2,1-2H3,(H,24,25,26)/b7-3+. The summed E-state index contributed by atoms with van der Waals surface area (Å²) in [5.74, 6) is 0.0361. The molecule has 2 atom stereocenters. The molecular formula is C23H22N2OS. The van der Waals surface area contributed by atoms with Crippen LogP contribution < -0.4 is 5.32 Å². The van der Waals surface area contributed by atoms with Crippen LogP contribution in [-0.2, 0) is 11.2 Å². The number of fused-ring (bicyclic) bond motifs is 1. The molecule has 0 saturated carbocycles. The van der Waals surface area contributed by atoms with Gasteiger partial charge in [0.1, 0.15) is 0 Å². The lowest BCUT2D eigenvalue weighted by Gasteiger charge is -2.31. The van der Waals surface area contributed by atoms with Crippen LogP contribution in [0.2, 0.25) is 0 Å². The molecule has 2 aromatic carbocycles. The summed E-state index contributed by atoms with van der Waals surface area (Å²) in [4.78, 5) is 17.6. The number of benzene rings is 2. The maximum Gasteiger partial charge on any atom is 0.233 e. The molecule has 136 valence electrons. The van der Waals surface area contributed by atoms with Crippen molar-refractivity contribution in [3.63, 3.8) is 0 Å². The fourth-order valence-corrected chi connectivity index (χ4v) is 4.63. The topological polar surface area (TPSA) is 42.0 Å². The Bertz CT molecular complexity index is 979. The highest BCUT2D eigenvalue weighted by atomic mass is 32.1. The smallest absolute Gasteiger partial charge is 0.233 e. The molecule has 1 amide bonds. The van der Waals surface area contributed by atoms with Gasteiger partial charge in [-0.05, 0) is 42.5 Å². The van der Waals surface area contributed by atoms with Crippen molar-refractivity contribution in [1.29, 1.82) is 0 Å². The molecule has 2 unspecified atom stereocenters. The Hall–Kier alpha value is -2.72. The number of nitrogens with one attached hydrogen (secondary N) is 1. The predicted octanol–water partition coefficient (Wildman–Crippen LogP) is 5.51. The Kier molecular flexibility index (Phi) is 4.66. The van der Waals surface area contributed by atoms with E-state index >= 15 is 0 Å². The van der Waals surface area contributed by atoms with E-state index in [9.17, 15) is 4.79 Å². The van der Waals surface area contributed by atoms with Crippen molar-refractivity contribution in [2.75, 3.05) is 5.32 Å². The van der Waals surface area contributed by atoms with Crippen LogP contribution in [-0.4, -0.2) is 10.9 Å². The Morgan fingerprint density at radius 2 is 2.07 bits per heavy atom. The van der Waals surface area contributed by atoms with Gasteiger partial charge in [0, 0.05) is 17.5 Å². The third-order valence-electron chi connectivity index (χ3n) is 5.34. The maximum absolute atomic E-state index is 13.3. The number of thiazole rings is 1. The molecule has 27 heavy (non-hydrogen) atoms. The zero-order chi connectivity index (χ0) is 18.9. The molecule has 0 aliphatic heterocycles. The van der Waals surface area contributed by atoms with Crippen molar-refractivity contribution in [3.05, 3.63) is 88.4 Å². The number of carbonyl (C=O) groups excluding carboxylic acids is 1. The number of hydrogen-bond donors (Lipinski definition) is 1. The lowest BCUT2D eigenvalue weighted by Crippen LogP contribution is -2.37. The zero-order valence-electron chi connectivity index (χ0n) is 15.5. The first kappa shape index (κ1) is 17.7. The minimum Gasteiger partial charge on any atom is -0.301 e. The van der Waals surface area contributed by atoms with E-state index in [-0.39, 0.29) is 11.8 Å². The molecule has 0 radical (unpaired) electrons. The van der Waals surface area contributed by atoms with Crippen molar-refractivity contribution in [2.45, 2.75) is 26.2 Å². The van der Waals surface area contributed by atoms with Gasteiger partial charge in [-0.15, -0.1) is 11.3 Å². The van der Waals surface area contributed by atoms with E-state index in [1.165, 1.54) is 33.6 Å². The highest BCUT2D eigenvalue weighted by Crippen LogP contribution is 2.51. The van der Waals surface area contributed by atoms with Crippen LogP contribution in [0.15, 0.2) is 66.2 Å². The van der Waals surface area contributed by atoms with Gasteiger partial charge >= 0.3 is 0 Å². The predicted molar refractivity (Wildman–Crippen MR) is 112 cm³/mol. The average Bonchev–Trinajstić information content (AvgIpc) is 3.28. The average molecular weight is 375 g/mol. The van der Waals surface area contributed by atoms with Crippen LogP contribution in [0.1, 0.15) is 42.0 Å². The lowest BCUT2D eigenvalue weighted by molar-refractivity contribution is -0.125. The summed E-state index contributed by atoms with van der Waals surface area (Å²) >= 11 is 1.45. The van der Waals surface area contributed by atoms with Gasteiger partial charge < -0.3 is 5.32 Å². The summed E-state index contributed by atoms with van der Waals surface area (Å²) in [5.41, 5.74) is 4.26. The third kappa shape index (κ3) is 3.21. The Morgan fingerprint density at radius 3 is 2.78 bits per heavy atom. The highest BCUT2D eigenvalue weighted by molar-refractivity contribution is 7.13. The second-order valence-electron chi connectivity index (χ2n) is 7.19. The van der Waals surface area contributed by atoms with Crippen LogP contribution >= 0.6 is 11.3 Å². The first-order valence-corrected chi connectivity index (χ1v) is 10.0. The number of amides is 1. The van der Waals surface area contributed by atoms with Gasteiger partial charge in [0.15, 0.2) is 5.13 Å². The summed E-state index contributed by atoms with van der Waals surface area (Å²) < 4.78 is 0. The third-order valence-corrected chi connectivity index (χ3v) is 6.03. The van der Waals surface area contributed by atoms with Crippen molar-refractivity contribution in [3.8, 4) is 0 Å². The van der Waals surface area contributed by atoms with E-state index in [0.29, 0.717) is 5.13 Å². The van der Waals surface area contributed by atoms with Gasteiger partial charge in [-0.1, -0.05) is 60.7 Å². The minimum absolute atomic E-state index is 0.0128. The van der Waals surface area contributed by atoms with E-state index in [1.807, 2.05) is 36.6 Å². The van der Waals surface area contributed by atoms with Crippen molar-refractivity contribution < 1.29 is 4.79 Å². The molecule has 0 fully saturated rings. The molecule has 1 aliphatic rings. The fourth-order valence-electron chi connectivity index (χ4n) is 4.11. The SMILES string of the molecule is C/C=C/c1ccc2c(c1)C(c1ccccc1)C(C)(C(=O)Nc1nccs1)C2. The summed E-state index contributed by atoms with van der Waals surface area (Å²) in [7, 11) is 0. The fraction of sp³-hybridized carbons (Fsp3) is 0.217. The zero-order valence-corrected chi connectivity index (χ0v) is 16.3. The molecule has 3 aromatic rings. The number of nitrogens with zero attached hydrogens (tertiary/aromatic N) is 1. The molecule has 4 rings (SSSR count). The molecule has 0 bridgehead atoms. The Labute approximate surface area is 163 Å². The minimum atomic E-state index is -0.566. The van der Waals surface area contributed by atoms with Gasteiger partial charge in [-0.3, -0.25) is 4.79 Å². The van der Waals surface area contributed by atoms with Gasteiger partial charge in [-0.25, -0.2) is 4.98 Å². The van der Waals surface area contributed by atoms with Crippen molar-refractivity contribution in [1.82, 2.24) is 4.98 Å². The highest BCUT2D eigenvalue weighted by Gasteiger charge is 2.48. The Morgan fingerprint density at radius 1 is 1.26 bits per heavy atom. The van der Waals surface area contributed by atoms with Crippen molar-refractivity contribution >= 4 is 28.5 Å². The normalized spacial score (nSPS) is 21.3. The molecule has 3 nitrogen and oxygen atoms in total. The van der Waals surface area contributed by atoms with E-state index in [0.717, 1.165) is 6.42 Å². The second kappa shape index (κ2) is 7.12. The first-order chi connectivity index (χ1) is 13.1. The van der Waals surface area contributed by atoms with Gasteiger partial charge in [0.05, 0.1) is 5.41 Å². The largest absolute Gasteiger partial charge is 0.301 e. The number of anilines is 1. The van der Waals surface area contributed by atoms with Crippen molar-refractivity contribution in [2.24, 2.45) is 5.41 Å². The molecule has 1 N–H and O–H groups in total. The second-order valence-corrected chi connectivity index (χ2v) is 8.08. The quantitative estimate of drug-likeness (QED) is 0.654. The Balaban J connectivity index is 1.80. The van der Waals surface area contributed by atoms with Crippen LogP contribution in [0.5, 0.6) is 0 Å². The lowest BCUT2D eigenvalue weighted by atomic mass is 9.73. The van der Waals surface area contributed by atoms with Gasteiger partial charge in [0.25, 0.3) is 0 Å². The van der Waals surface area contributed by atoms with E-state index in [1.54, 1.807) is 6.20 Å². The van der Waals surface area contributed by atoms with E-state index in [4.69, 9.17) is 0 Å². The van der Waals surface area contributed by atoms with Crippen LogP contribution in [0.3, 0.4) is 0 Å². The monoisotopic (exact) mass is 374 g/mol.